The predicted molar refractivity (Wildman–Crippen MR) is 78.8 cm³/mol. The Morgan fingerprint density at radius 3 is 2.15 bits per heavy atom. The van der Waals surface area contributed by atoms with Gasteiger partial charge < -0.3 is 0 Å². The van der Waals surface area contributed by atoms with Gasteiger partial charge in [0.15, 0.2) is 0 Å². The molecule has 8 aliphatic carbocycles. The third kappa shape index (κ3) is 0.940. The predicted octanol–water partition coefficient (Wildman–Crippen LogP) is 4.52. The van der Waals surface area contributed by atoms with E-state index in [1.807, 2.05) is 5.57 Å². The Morgan fingerprint density at radius 2 is 1.35 bits per heavy atom. The smallest absolute Gasteiger partial charge is 0.0162 e. The van der Waals surface area contributed by atoms with E-state index in [0.29, 0.717) is 0 Å². The zero-order valence-corrected chi connectivity index (χ0v) is 12.4. The Balaban J connectivity index is 1.31. The van der Waals surface area contributed by atoms with E-state index in [-0.39, 0.29) is 0 Å². The van der Waals surface area contributed by atoms with Crippen molar-refractivity contribution in [3.8, 4) is 0 Å². The topological polar surface area (TPSA) is 0 Å². The second kappa shape index (κ2) is 3.08. The van der Waals surface area contributed by atoms with Gasteiger partial charge in [0, 0.05) is 0 Å². The lowest BCUT2D eigenvalue weighted by molar-refractivity contribution is -0.173. The van der Waals surface area contributed by atoms with Gasteiger partial charge in [-0.3, -0.25) is 0 Å². The van der Waals surface area contributed by atoms with E-state index >= 15 is 0 Å². The van der Waals surface area contributed by atoms with Gasteiger partial charge in [0.25, 0.3) is 0 Å². The average molecular weight is 266 g/mol. The lowest BCUT2D eigenvalue weighted by atomic mass is 9.39. The number of allylic oxidation sites excluding steroid dienone is 2. The largest absolute Gasteiger partial charge is 0.0816 e. The molecule has 6 bridgehead atoms. The van der Waals surface area contributed by atoms with Crippen LogP contribution in [0.5, 0.6) is 0 Å². The number of hydrogen-bond acceptors (Lipinski definition) is 0. The fraction of sp³-hybridized carbons (Fsp3) is 0.900. The minimum absolute atomic E-state index is 1.04. The third-order valence-corrected chi connectivity index (χ3v) is 9.64. The molecule has 0 heterocycles. The summed E-state index contributed by atoms with van der Waals surface area (Å²) in [6, 6.07) is 0. The molecule has 20 heavy (non-hydrogen) atoms. The van der Waals surface area contributed by atoms with Crippen LogP contribution in [-0.4, -0.2) is 0 Å². The summed E-state index contributed by atoms with van der Waals surface area (Å²) in [4.78, 5) is 0. The molecule has 0 saturated heterocycles. The van der Waals surface area contributed by atoms with Crippen LogP contribution in [0.2, 0.25) is 0 Å². The zero-order valence-electron chi connectivity index (χ0n) is 12.4. The molecule has 0 amide bonds. The molecule has 0 aliphatic heterocycles. The molecule has 0 aromatic rings. The first kappa shape index (κ1) is 10.5. The molecule has 6 saturated carbocycles. The van der Waals surface area contributed by atoms with Gasteiger partial charge >= 0.3 is 0 Å². The summed E-state index contributed by atoms with van der Waals surface area (Å²) in [6.45, 7) is 0. The highest BCUT2D eigenvalue weighted by Gasteiger charge is 2.71. The Hall–Kier alpha value is -0.260. The van der Waals surface area contributed by atoms with Crippen LogP contribution >= 0.6 is 0 Å². The number of rotatable bonds is 0. The van der Waals surface area contributed by atoms with Gasteiger partial charge in [-0.15, -0.1) is 0 Å². The molecule has 0 radical (unpaired) electrons. The first-order valence-corrected chi connectivity index (χ1v) is 9.58. The van der Waals surface area contributed by atoms with E-state index in [9.17, 15) is 0 Å². The average Bonchev–Trinajstić information content (AvgIpc) is 2.77. The van der Waals surface area contributed by atoms with E-state index in [2.05, 4.69) is 6.08 Å². The van der Waals surface area contributed by atoms with Crippen LogP contribution in [0, 0.1) is 65.1 Å². The second-order valence-electron chi connectivity index (χ2n) is 9.76. The van der Waals surface area contributed by atoms with Gasteiger partial charge in [-0.05, 0) is 110 Å². The molecule has 0 nitrogen and oxygen atoms in total. The van der Waals surface area contributed by atoms with Crippen LogP contribution in [0.4, 0.5) is 0 Å². The molecule has 8 aliphatic rings. The summed E-state index contributed by atoms with van der Waals surface area (Å²) in [5.41, 5.74) is 1.86. The Bertz CT molecular complexity index is 530. The molecule has 0 aromatic carbocycles. The van der Waals surface area contributed by atoms with E-state index in [1.54, 1.807) is 32.1 Å². The molecular formula is C20H26. The normalized spacial score (nSPS) is 70.4. The van der Waals surface area contributed by atoms with Gasteiger partial charge in [0.05, 0.1) is 0 Å². The van der Waals surface area contributed by atoms with Crippen LogP contribution in [0.3, 0.4) is 0 Å². The third-order valence-electron chi connectivity index (χ3n) is 9.64. The van der Waals surface area contributed by atoms with Crippen LogP contribution in [0.25, 0.3) is 0 Å². The van der Waals surface area contributed by atoms with Gasteiger partial charge in [0.1, 0.15) is 0 Å². The van der Waals surface area contributed by atoms with Crippen molar-refractivity contribution in [1.82, 2.24) is 0 Å². The maximum atomic E-state index is 2.73. The van der Waals surface area contributed by atoms with Crippen molar-refractivity contribution in [1.29, 1.82) is 0 Å². The van der Waals surface area contributed by atoms with Crippen molar-refractivity contribution in [2.75, 3.05) is 0 Å². The summed E-state index contributed by atoms with van der Waals surface area (Å²) in [7, 11) is 0. The SMILES string of the molecule is C1=C2CC3CC(C1C2)C1C(C3)C2CC1C1C3CCC3C21. The molecular weight excluding hydrogens is 240 g/mol. The molecule has 11 unspecified atom stereocenters. The summed E-state index contributed by atoms with van der Waals surface area (Å²) < 4.78 is 0. The molecule has 0 aromatic heterocycles. The molecule has 106 valence electrons. The molecule has 0 N–H and O–H groups in total. The molecule has 6 fully saturated rings. The van der Waals surface area contributed by atoms with E-state index in [4.69, 9.17) is 0 Å². The van der Waals surface area contributed by atoms with Gasteiger partial charge in [-0.1, -0.05) is 11.6 Å². The monoisotopic (exact) mass is 266 g/mol. The Kier molecular flexibility index (Phi) is 1.61. The van der Waals surface area contributed by atoms with Crippen LogP contribution < -0.4 is 0 Å². The quantitative estimate of drug-likeness (QED) is 0.447. The van der Waals surface area contributed by atoms with Crippen LogP contribution in [0.15, 0.2) is 11.6 Å². The van der Waals surface area contributed by atoms with E-state index in [1.165, 1.54) is 60.2 Å². The van der Waals surface area contributed by atoms with Gasteiger partial charge in [-0.2, -0.15) is 0 Å². The maximum Gasteiger partial charge on any atom is -0.0162 e. The van der Waals surface area contributed by atoms with Crippen LogP contribution in [-0.2, 0) is 0 Å². The first-order valence-electron chi connectivity index (χ1n) is 9.58. The molecule has 8 rings (SSSR count). The summed E-state index contributed by atoms with van der Waals surface area (Å²) in [5.74, 6) is 13.0. The lowest BCUT2D eigenvalue weighted by Crippen LogP contribution is -2.60. The van der Waals surface area contributed by atoms with Crippen molar-refractivity contribution >= 4 is 0 Å². The minimum Gasteiger partial charge on any atom is -0.0816 e. The molecule has 0 spiro atoms. The van der Waals surface area contributed by atoms with Crippen LogP contribution in [0.1, 0.15) is 44.9 Å². The highest BCUT2D eigenvalue weighted by atomic mass is 14.8. The van der Waals surface area contributed by atoms with Gasteiger partial charge in [0.2, 0.25) is 0 Å². The second-order valence-corrected chi connectivity index (χ2v) is 9.76. The molecule has 11 atom stereocenters. The first-order chi connectivity index (χ1) is 9.88. The van der Waals surface area contributed by atoms with Crippen molar-refractivity contribution in [3.05, 3.63) is 11.6 Å². The highest BCUT2D eigenvalue weighted by molar-refractivity contribution is 5.26. The minimum atomic E-state index is 1.04. The fourth-order valence-electron chi connectivity index (χ4n) is 9.23. The van der Waals surface area contributed by atoms with Gasteiger partial charge in [-0.25, -0.2) is 0 Å². The number of hydrogen-bond donors (Lipinski definition) is 0. The highest BCUT2D eigenvalue weighted by Crippen LogP contribution is 2.78. The van der Waals surface area contributed by atoms with E-state index < -0.39 is 0 Å². The maximum absolute atomic E-state index is 2.73. The van der Waals surface area contributed by atoms with Crippen molar-refractivity contribution in [2.24, 2.45) is 65.1 Å². The Morgan fingerprint density at radius 1 is 0.650 bits per heavy atom. The van der Waals surface area contributed by atoms with Crippen molar-refractivity contribution in [3.63, 3.8) is 0 Å². The molecule has 0 heteroatoms. The lowest BCUT2D eigenvalue weighted by Gasteiger charge is -2.65. The zero-order chi connectivity index (χ0) is 12.6. The van der Waals surface area contributed by atoms with Crippen molar-refractivity contribution in [2.45, 2.75) is 44.9 Å². The standard InChI is InChI=1S/C20H26/c1-2-13-12(1)19-16-8-17(20(13)19)18-14-6-10(7-15(16)18)3-9-4-11(14)5-9/h4,10-20H,1-3,5-8H2. The summed E-state index contributed by atoms with van der Waals surface area (Å²) in [6.07, 6.45) is 13.9. The Labute approximate surface area is 122 Å². The summed E-state index contributed by atoms with van der Waals surface area (Å²) >= 11 is 0. The van der Waals surface area contributed by atoms with Crippen molar-refractivity contribution < 1.29 is 0 Å². The fourth-order valence-corrected chi connectivity index (χ4v) is 9.23. The van der Waals surface area contributed by atoms with E-state index in [0.717, 1.165) is 17.8 Å². The summed E-state index contributed by atoms with van der Waals surface area (Å²) in [5, 5.41) is 0. The number of fused-ring (bicyclic) bond motifs is 11.